The highest BCUT2D eigenvalue weighted by Crippen LogP contribution is 2.40. The van der Waals surface area contributed by atoms with Crippen LogP contribution in [-0.2, 0) is 11.3 Å². The van der Waals surface area contributed by atoms with Crippen molar-refractivity contribution in [1.29, 1.82) is 0 Å². The van der Waals surface area contributed by atoms with Crippen molar-refractivity contribution < 1.29 is 23.7 Å². The number of primary amides is 1. The first-order chi connectivity index (χ1) is 15.0. The Balaban J connectivity index is 1.92. The molecule has 1 saturated heterocycles. The lowest BCUT2D eigenvalue weighted by Crippen LogP contribution is -2.24. The van der Waals surface area contributed by atoms with Gasteiger partial charge in [0.15, 0.2) is 28.7 Å². The van der Waals surface area contributed by atoms with Gasteiger partial charge in [-0.05, 0) is 25.0 Å². The number of benzene rings is 1. The fraction of sp³-hybridized carbons (Fsp3) is 0.400. The molecule has 1 amide bonds. The van der Waals surface area contributed by atoms with Crippen molar-refractivity contribution in [3.8, 4) is 28.6 Å². The first-order valence-corrected chi connectivity index (χ1v) is 9.69. The third-order valence-electron chi connectivity index (χ3n) is 5.19. The van der Waals surface area contributed by atoms with Crippen molar-refractivity contribution in [2.24, 2.45) is 5.73 Å². The van der Waals surface area contributed by atoms with Crippen LogP contribution in [0.3, 0.4) is 0 Å². The Kier molecular flexibility index (Phi) is 5.51. The molecule has 164 valence electrons. The Hall–Kier alpha value is -3.60. The van der Waals surface area contributed by atoms with Crippen molar-refractivity contribution in [1.82, 2.24) is 19.5 Å². The number of nitrogens with one attached hydrogen (secondary N) is 1. The van der Waals surface area contributed by atoms with Gasteiger partial charge >= 0.3 is 5.69 Å². The van der Waals surface area contributed by atoms with E-state index < -0.39 is 11.6 Å². The number of methoxy groups -OCH3 is 3. The van der Waals surface area contributed by atoms with Crippen molar-refractivity contribution in [3.05, 3.63) is 28.3 Å². The molecule has 1 aromatic carbocycles. The highest BCUT2D eigenvalue weighted by atomic mass is 16.5. The molecule has 1 unspecified atom stereocenters. The van der Waals surface area contributed by atoms with E-state index in [1.54, 1.807) is 12.1 Å². The molecule has 3 N–H and O–H groups in total. The zero-order chi connectivity index (χ0) is 22.1. The summed E-state index contributed by atoms with van der Waals surface area (Å²) < 4.78 is 23.2. The lowest BCUT2D eigenvalue weighted by atomic mass is 10.1. The molecule has 11 heteroatoms. The van der Waals surface area contributed by atoms with Crippen LogP contribution in [0, 0.1) is 0 Å². The highest BCUT2D eigenvalue weighted by molar-refractivity contribution is 6.01. The van der Waals surface area contributed by atoms with Gasteiger partial charge in [0.1, 0.15) is 5.52 Å². The van der Waals surface area contributed by atoms with Crippen LogP contribution >= 0.6 is 0 Å². The molecular weight excluding hydrogens is 406 g/mol. The standard InChI is InChI=1S/C20H23N5O6/c1-28-12-7-10(8-13(29-2)16(12)30-3)18-22-14(17(21)26)15-19(24-18)25(20(27)23-15)9-11-5-4-6-31-11/h7-8,11H,4-6,9H2,1-3H3,(H2,21,26)(H,23,27). The first-order valence-electron chi connectivity index (χ1n) is 9.69. The molecule has 1 aliphatic heterocycles. The molecule has 1 aliphatic rings. The number of fused-ring (bicyclic) bond motifs is 1. The predicted molar refractivity (Wildman–Crippen MR) is 111 cm³/mol. The molecule has 0 spiro atoms. The molecule has 11 nitrogen and oxygen atoms in total. The maximum Gasteiger partial charge on any atom is 0.327 e. The predicted octanol–water partition coefficient (Wildman–Crippen LogP) is 1.09. The monoisotopic (exact) mass is 429 g/mol. The van der Waals surface area contributed by atoms with Crippen LogP contribution in [-0.4, -0.2) is 59.5 Å². The Morgan fingerprint density at radius 3 is 2.48 bits per heavy atom. The van der Waals surface area contributed by atoms with Crippen LogP contribution in [0.15, 0.2) is 16.9 Å². The number of carbonyl (C=O) groups excluding carboxylic acids is 1. The third-order valence-corrected chi connectivity index (χ3v) is 5.19. The van der Waals surface area contributed by atoms with Gasteiger partial charge in [-0.3, -0.25) is 9.36 Å². The van der Waals surface area contributed by atoms with Gasteiger partial charge in [-0.2, -0.15) is 0 Å². The number of imidazole rings is 1. The van der Waals surface area contributed by atoms with E-state index in [0.29, 0.717) is 36.0 Å². The molecule has 1 atom stereocenters. The minimum atomic E-state index is -0.786. The summed E-state index contributed by atoms with van der Waals surface area (Å²) in [5, 5.41) is 0. The van der Waals surface area contributed by atoms with Gasteiger partial charge < -0.3 is 29.7 Å². The largest absolute Gasteiger partial charge is 0.493 e. The van der Waals surface area contributed by atoms with Gasteiger partial charge in [-0.1, -0.05) is 0 Å². The number of rotatable bonds is 7. The second kappa shape index (κ2) is 8.26. The quantitative estimate of drug-likeness (QED) is 0.568. The number of ether oxygens (including phenoxy) is 4. The lowest BCUT2D eigenvalue weighted by molar-refractivity contribution is 0.0970. The molecule has 3 aromatic rings. The van der Waals surface area contributed by atoms with Crippen LogP contribution < -0.4 is 25.6 Å². The zero-order valence-corrected chi connectivity index (χ0v) is 17.4. The van der Waals surface area contributed by atoms with E-state index in [0.717, 1.165) is 12.8 Å². The maximum absolute atomic E-state index is 12.6. The van der Waals surface area contributed by atoms with Crippen molar-refractivity contribution >= 4 is 17.1 Å². The molecule has 0 aliphatic carbocycles. The normalized spacial score (nSPS) is 15.9. The van der Waals surface area contributed by atoms with Crippen LogP contribution in [0.5, 0.6) is 17.2 Å². The summed E-state index contributed by atoms with van der Waals surface area (Å²) in [4.78, 5) is 36.2. The van der Waals surface area contributed by atoms with Crippen molar-refractivity contribution in [3.63, 3.8) is 0 Å². The van der Waals surface area contributed by atoms with Gasteiger partial charge in [0.05, 0.1) is 34.0 Å². The van der Waals surface area contributed by atoms with E-state index in [1.165, 1.54) is 25.9 Å². The number of H-pyrrole nitrogens is 1. The van der Waals surface area contributed by atoms with E-state index in [2.05, 4.69) is 15.0 Å². The first kappa shape index (κ1) is 20.7. The minimum absolute atomic E-state index is 0.0862. The summed E-state index contributed by atoms with van der Waals surface area (Å²) in [5.41, 5.74) is 6.01. The number of hydrogen-bond donors (Lipinski definition) is 2. The zero-order valence-electron chi connectivity index (χ0n) is 17.4. The van der Waals surface area contributed by atoms with Crippen molar-refractivity contribution in [2.45, 2.75) is 25.5 Å². The maximum atomic E-state index is 12.6. The Bertz CT molecular complexity index is 1170. The third kappa shape index (κ3) is 3.67. The molecule has 4 rings (SSSR count). The van der Waals surface area contributed by atoms with Gasteiger partial charge in [-0.25, -0.2) is 14.8 Å². The van der Waals surface area contributed by atoms with E-state index in [9.17, 15) is 9.59 Å². The molecule has 1 fully saturated rings. The molecule has 0 bridgehead atoms. The molecule has 0 saturated carbocycles. The Morgan fingerprint density at radius 1 is 1.23 bits per heavy atom. The average molecular weight is 429 g/mol. The van der Waals surface area contributed by atoms with E-state index >= 15 is 0 Å². The highest BCUT2D eigenvalue weighted by Gasteiger charge is 2.24. The molecule has 0 radical (unpaired) electrons. The molecule has 31 heavy (non-hydrogen) atoms. The second-order valence-corrected chi connectivity index (χ2v) is 7.05. The summed E-state index contributed by atoms with van der Waals surface area (Å²) in [6.45, 7) is 0.961. The van der Waals surface area contributed by atoms with E-state index in [1.807, 2.05) is 0 Å². The van der Waals surface area contributed by atoms with Crippen LogP contribution in [0.1, 0.15) is 23.3 Å². The number of aromatic amines is 1. The number of hydrogen-bond acceptors (Lipinski definition) is 8. The smallest absolute Gasteiger partial charge is 0.327 e. The summed E-state index contributed by atoms with van der Waals surface area (Å²) in [7, 11) is 4.48. The van der Waals surface area contributed by atoms with Gasteiger partial charge in [-0.15, -0.1) is 0 Å². The summed E-state index contributed by atoms with van der Waals surface area (Å²) in [6.07, 6.45) is 1.67. The van der Waals surface area contributed by atoms with Gasteiger partial charge in [0.2, 0.25) is 5.75 Å². The number of amides is 1. The lowest BCUT2D eigenvalue weighted by Gasteiger charge is -2.14. The molecular formula is C20H23N5O6. The fourth-order valence-corrected chi connectivity index (χ4v) is 3.71. The van der Waals surface area contributed by atoms with Crippen LogP contribution in [0.25, 0.3) is 22.6 Å². The minimum Gasteiger partial charge on any atom is -0.493 e. The van der Waals surface area contributed by atoms with Crippen molar-refractivity contribution in [2.75, 3.05) is 27.9 Å². The van der Waals surface area contributed by atoms with E-state index in [4.69, 9.17) is 24.7 Å². The Labute approximate surface area is 177 Å². The SMILES string of the molecule is COc1cc(-c2nc(C(N)=O)c3[nH]c(=O)n(CC4CCCO4)c3n2)cc(OC)c1OC. The average Bonchev–Trinajstić information content (AvgIpc) is 3.40. The van der Waals surface area contributed by atoms with Crippen LogP contribution in [0.4, 0.5) is 0 Å². The number of aromatic nitrogens is 4. The Morgan fingerprint density at radius 2 is 1.94 bits per heavy atom. The number of nitrogens with two attached hydrogens (primary N) is 1. The number of nitrogens with zero attached hydrogens (tertiary/aromatic N) is 3. The van der Waals surface area contributed by atoms with Crippen LogP contribution in [0.2, 0.25) is 0 Å². The molecule has 3 heterocycles. The summed E-state index contributed by atoms with van der Waals surface area (Å²) >= 11 is 0. The van der Waals surface area contributed by atoms with Gasteiger partial charge in [0, 0.05) is 12.2 Å². The summed E-state index contributed by atoms with van der Waals surface area (Å²) in [6, 6.07) is 3.31. The topological polar surface area (TPSA) is 144 Å². The second-order valence-electron chi connectivity index (χ2n) is 7.05. The summed E-state index contributed by atoms with van der Waals surface area (Å²) in [5.74, 6) is 0.591. The number of carbonyl (C=O) groups is 1. The fourth-order valence-electron chi connectivity index (χ4n) is 3.71. The van der Waals surface area contributed by atoms with E-state index in [-0.39, 0.29) is 28.8 Å². The van der Waals surface area contributed by atoms with Gasteiger partial charge in [0.25, 0.3) is 5.91 Å². The molecule has 2 aromatic heterocycles.